The van der Waals surface area contributed by atoms with Gasteiger partial charge in [0, 0.05) is 51.4 Å². The molecule has 5 heteroatoms. The molecule has 0 unspecified atom stereocenters. The molecule has 1 fully saturated rings. The zero-order chi connectivity index (χ0) is 12.8. The summed E-state index contributed by atoms with van der Waals surface area (Å²) in [5.74, 6) is -0.889. The maximum Gasteiger partial charge on any atom is 0.332 e. The van der Waals surface area contributed by atoms with E-state index in [1.165, 1.54) is 0 Å². The molecule has 0 aromatic rings. The number of piperazine rings is 1. The fourth-order valence-corrected chi connectivity index (χ4v) is 1.85. The predicted octanol–water partition coefficient (Wildman–Crippen LogP) is -0.194. The van der Waals surface area contributed by atoms with Gasteiger partial charge in [0.05, 0.1) is 0 Å². The van der Waals surface area contributed by atoms with Crippen molar-refractivity contribution in [3.63, 3.8) is 0 Å². The maximum absolute atomic E-state index is 10.7. The highest BCUT2D eigenvalue weighted by Gasteiger charge is 2.18. The quantitative estimate of drug-likeness (QED) is 0.653. The zero-order valence-corrected chi connectivity index (χ0v) is 10.9. The van der Waals surface area contributed by atoms with Crippen LogP contribution in [0.5, 0.6) is 0 Å². The number of hydrogen-bond acceptors (Lipinski definition) is 4. The number of rotatable bonds is 6. The van der Waals surface area contributed by atoms with Crippen molar-refractivity contribution in [2.75, 3.05) is 59.9 Å². The van der Waals surface area contributed by atoms with Crippen molar-refractivity contribution in [3.8, 4) is 0 Å². The number of carboxylic acid groups (broad SMARTS) is 1. The van der Waals surface area contributed by atoms with E-state index in [1.807, 2.05) is 0 Å². The summed E-state index contributed by atoms with van der Waals surface area (Å²) in [5, 5.41) is 8.77. The lowest BCUT2D eigenvalue weighted by Crippen LogP contribution is -2.48. The molecule has 0 atom stereocenters. The topological polar surface area (TPSA) is 47.0 Å². The van der Waals surface area contributed by atoms with Crippen molar-refractivity contribution in [3.05, 3.63) is 12.2 Å². The number of carbonyl (C=O) groups is 1. The van der Waals surface area contributed by atoms with Crippen LogP contribution in [0.25, 0.3) is 0 Å². The van der Waals surface area contributed by atoms with Crippen LogP contribution in [0.3, 0.4) is 0 Å². The Hall–Kier alpha value is -0.910. The number of hydrogen-bond donors (Lipinski definition) is 1. The van der Waals surface area contributed by atoms with E-state index in [-0.39, 0.29) is 5.57 Å². The highest BCUT2D eigenvalue weighted by atomic mass is 16.4. The largest absolute Gasteiger partial charge is 0.478 e. The van der Waals surface area contributed by atoms with E-state index in [0.29, 0.717) is 6.54 Å². The fraction of sp³-hybridized carbons (Fsp3) is 0.750. The Kier molecular flexibility index (Phi) is 5.61. The van der Waals surface area contributed by atoms with E-state index < -0.39 is 5.97 Å². The van der Waals surface area contributed by atoms with Crippen molar-refractivity contribution < 1.29 is 9.90 Å². The summed E-state index contributed by atoms with van der Waals surface area (Å²) in [6.45, 7) is 10.1. The van der Waals surface area contributed by atoms with Gasteiger partial charge in [-0.1, -0.05) is 6.58 Å². The summed E-state index contributed by atoms with van der Waals surface area (Å²) in [5.41, 5.74) is 0.284. The molecule has 1 heterocycles. The van der Waals surface area contributed by atoms with Gasteiger partial charge in [0.25, 0.3) is 0 Å². The Morgan fingerprint density at radius 1 is 1.24 bits per heavy atom. The zero-order valence-electron chi connectivity index (χ0n) is 10.9. The Balaban J connectivity index is 2.21. The van der Waals surface area contributed by atoms with Gasteiger partial charge in [0.2, 0.25) is 0 Å². The molecule has 1 N–H and O–H groups in total. The maximum atomic E-state index is 10.7. The van der Waals surface area contributed by atoms with Gasteiger partial charge < -0.3 is 10.0 Å². The molecule has 1 rings (SSSR count). The second kappa shape index (κ2) is 6.74. The summed E-state index contributed by atoms with van der Waals surface area (Å²) >= 11 is 0. The van der Waals surface area contributed by atoms with E-state index >= 15 is 0 Å². The summed E-state index contributed by atoms with van der Waals surface area (Å²) in [4.78, 5) is 17.4. The highest BCUT2D eigenvalue weighted by molar-refractivity contribution is 5.86. The number of likely N-dealkylation sites (N-methyl/N-ethyl adjacent to an activating group) is 1. The minimum Gasteiger partial charge on any atom is -0.478 e. The Morgan fingerprint density at radius 3 is 2.24 bits per heavy atom. The van der Waals surface area contributed by atoms with Crippen molar-refractivity contribution in [2.45, 2.75) is 0 Å². The van der Waals surface area contributed by atoms with Gasteiger partial charge >= 0.3 is 5.97 Å². The number of aliphatic carboxylic acids is 1. The first-order valence-corrected chi connectivity index (χ1v) is 5.99. The molecule has 1 aliphatic heterocycles. The lowest BCUT2D eigenvalue weighted by Gasteiger charge is -2.35. The van der Waals surface area contributed by atoms with Crippen LogP contribution in [-0.2, 0) is 4.79 Å². The molecule has 0 aromatic carbocycles. The van der Waals surface area contributed by atoms with Crippen LogP contribution in [0.15, 0.2) is 12.2 Å². The van der Waals surface area contributed by atoms with Crippen LogP contribution in [-0.4, -0.2) is 85.7 Å². The first kappa shape index (κ1) is 14.2. The van der Waals surface area contributed by atoms with E-state index in [0.717, 1.165) is 39.3 Å². The summed E-state index contributed by atoms with van der Waals surface area (Å²) in [7, 11) is 4.15. The van der Waals surface area contributed by atoms with Gasteiger partial charge in [-0.2, -0.15) is 0 Å². The van der Waals surface area contributed by atoms with Crippen LogP contribution in [0, 0.1) is 0 Å². The summed E-state index contributed by atoms with van der Waals surface area (Å²) in [6, 6.07) is 0. The van der Waals surface area contributed by atoms with Gasteiger partial charge in [0.15, 0.2) is 0 Å². The molecule has 0 saturated carbocycles. The van der Waals surface area contributed by atoms with Gasteiger partial charge in [-0.3, -0.25) is 9.80 Å². The third-order valence-corrected chi connectivity index (χ3v) is 3.05. The monoisotopic (exact) mass is 241 g/mol. The lowest BCUT2D eigenvalue weighted by molar-refractivity contribution is -0.132. The predicted molar refractivity (Wildman–Crippen MR) is 68.2 cm³/mol. The first-order chi connectivity index (χ1) is 7.99. The third-order valence-electron chi connectivity index (χ3n) is 3.05. The first-order valence-electron chi connectivity index (χ1n) is 5.99. The standard InChI is InChI=1S/C12H23N3O2/c1-11(12(16)17)10-15-8-6-14(7-9-15)5-4-13(2)3/h1,4-10H2,2-3H3,(H,16,17). The van der Waals surface area contributed by atoms with Crippen LogP contribution in [0.1, 0.15) is 0 Å². The van der Waals surface area contributed by atoms with Crippen LogP contribution in [0.4, 0.5) is 0 Å². The van der Waals surface area contributed by atoms with Crippen LogP contribution < -0.4 is 0 Å². The molecule has 0 amide bonds. The molecule has 98 valence electrons. The van der Waals surface area contributed by atoms with Crippen molar-refractivity contribution in [2.24, 2.45) is 0 Å². The van der Waals surface area contributed by atoms with Crippen molar-refractivity contribution in [1.82, 2.24) is 14.7 Å². The third kappa shape index (κ3) is 5.30. The molecular weight excluding hydrogens is 218 g/mol. The Morgan fingerprint density at radius 2 is 1.76 bits per heavy atom. The Labute approximate surface area is 103 Å². The summed E-state index contributed by atoms with van der Waals surface area (Å²) < 4.78 is 0. The van der Waals surface area contributed by atoms with Gasteiger partial charge in [-0.25, -0.2) is 4.79 Å². The van der Waals surface area contributed by atoms with Crippen LogP contribution in [0.2, 0.25) is 0 Å². The fourth-order valence-electron chi connectivity index (χ4n) is 1.85. The normalized spacial score (nSPS) is 18.5. The average Bonchev–Trinajstić information content (AvgIpc) is 2.28. The van der Waals surface area contributed by atoms with E-state index in [2.05, 4.69) is 35.4 Å². The van der Waals surface area contributed by atoms with Gasteiger partial charge in [-0.15, -0.1) is 0 Å². The summed E-state index contributed by atoms with van der Waals surface area (Å²) in [6.07, 6.45) is 0. The second-order valence-corrected chi connectivity index (χ2v) is 4.83. The van der Waals surface area contributed by atoms with Crippen molar-refractivity contribution >= 4 is 5.97 Å². The highest BCUT2D eigenvalue weighted by Crippen LogP contribution is 2.04. The molecule has 17 heavy (non-hydrogen) atoms. The SMILES string of the molecule is C=C(CN1CCN(CCN(C)C)CC1)C(=O)O. The molecule has 0 spiro atoms. The molecular formula is C12H23N3O2. The molecule has 0 aliphatic carbocycles. The smallest absolute Gasteiger partial charge is 0.332 e. The van der Waals surface area contributed by atoms with E-state index in [1.54, 1.807) is 0 Å². The molecule has 0 bridgehead atoms. The Bertz CT molecular complexity index is 271. The molecule has 0 radical (unpaired) electrons. The minimum atomic E-state index is -0.889. The minimum absolute atomic E-state index is 0.284. The lowest BCUT2D eigenvalue weighted by atomic mass is 10.2. The van der Waals surface area contributed by atoms with Gasteiger partial charge in [-0.05, 0) is 14.1 Å². The molecule has 5 nitrogen and oxygen atoms in total. The molecule has 0 aromatic heterocycles. The molecule has 1 saturated heterocycles. The van der Waals surface area contributed by atoms with Gasteiger partial charge in [0.1, 0.15) is 0 Å². The number of nitrogens with zero attached hydrogens (tertiary/aromatic N) is 3. The van der Waals surface area contributed by atoms with Crippen molar-refractivity contribution in [1.29, 1.82) is 0 Å². The van der Waals surface area contributed by atoms with Crippen LogP contribution >= 0.6 is 0 Å². The van der Waals surface area contributed by atoms with E-state index in [4.69, 9.17) is 5.11 Å². The average molecular weight is 241 g/mol. The van der Waals surface area contributed by atoms with E-state index in [9.17, 15) is 4.79 Å². The molecule has 1 aliphatic rings. The number of carboxylic acids is 1. The second-order valence-electron chi connectivity index (χ2n) is 4.83.